The molecule has 0 atom stereocenters. The highest BCUT2D eigenvalue weighted by atomic mass is 16.5. The molecule has 94 valence electrons. The zero-order chi connectivity index (χ0) is 12.1. The molecule has 1 aromatic carbocycles. The Kier molecular flexibility index (Phi) is 4.26. The summed E-state index contributed by atoms with van der Waals surface area (Å²) >= 11 is 0. The largest absolute Gasteiger partial charge is 0.494 e. The van der Waals surface area contributed by atoms with Crippen LogP contribution in [0, 0.1) is 0 Å². The van der Waals surface area contributed by atoms with E-state index in [1.54, 1.807) is 0 Å². The molecule has 0 unspecified atom stereocenters. The van der Waals surface area contributed by atoms with E-state index in [4.69, 9.17) is 4.74 Å². The Labute approximate surface area is 103 Å². The van der Waals surface area contributed by atoms with Crippen molar-refractivity contribution in [1.82, 2.24) is 0 Å². The third-order valence-corrected chi connectivity index (χ3v) is 3.24. The highest BCUT2D eigenvalue weighted by molar-refractivity contribution is 5.53. The van der Waals surface area contributed by atoms with E-state index in [9.17, 15) is 5.11 Å². The maximum absolute atomic E-state index is 9.37. The Morgan fingerprint density at radius 2 is 2.00 bits per heavy atom. The molecule has 0 aromatic heterocycles. The van der Waals surface area contributed by atoms with Gasteiger partial charge in [-0.3, -0.25) is 0 Å². The molecule has 0 amide bonds. The maximum Gasteiger partial charge on any atom is 0.124 e. The molecule has 1 heterocycles. The van der Waals surface area contributed by atoms with Crippen molar-refractivity contribution in [2.75, 3.05) is 24.6 Å². The second-order valence-corrected chi connectivity index (χ2v) is 4.43. The van der Waals surface area contributed by atoms with Crippen LogP contribution in [0.2, 0.25) is 0 Å². The summed E-state index contributed by atoms with van der Waals surface area (Å²) in [6.45, 7) is 4.88. The Hall–Kier alpha value is -1.22. The molecule has 0 radical (unpaired) electrons. The monoisotopic (exact) mass is 235 g/mol. The van der Waals surface area contributed by atoms with Crippen LogP contribution in [0.25, 0.3) is 0 Å². The summed E-state index contributed by atoms with van der Waals surface area (Å²) in [5.41, 5.74) is 2.09. The average Bonchev–Trinajstić information content (AvgIpc) is 2.40. The molecule has 0 bridgehead atoms. The molecule has 1 aliphatic rings. The Bertz CT molecular complexity index is 359. The minimum Gasteiger partial charge on any atom is -0.494 e. The fraction of sp³-hybridized carbons (Fsp3) is 0.571. The van der Waals surface area contributed by atoms with Crippen LogP contribution in [-0.2, 0) is 6.61 Å². The van der Waals surface area contributed by atoms with Crippen LogP contribution in [-0.4, -0.2) is 24.8 Å². The lowest BCUT2D eigenvalue weighted by molar-refractivity contribution is 0.267. The van der Waals surface area contributed by atoms with E-state index < -0.39 is 0 Å². The molecular formula is C14H21NO2. The van der Waals surface area contributed by atoms with Crippen molar-refractivity contribution >= 4 is 5.69 Å². The van der Waals surface area contributed by atoms with Gasteiger partial charge in [0, 0.05) is 24.3 Å². The molecule has 1 saturated heterocycles. The van der Waals surface area contributed by atoms with Gasteiger partial charge in [0.15, 0.2) is 0 Å². The SMILES string of the molecule is CCOc1ccc(N2CCCCC2)cc1CO. The first-order valence-corrected chi connectivity index (χ1v) is 6.46. The fourth-order valence-electron chi connectivity index (χ4n) is 2.33. The summed E-state index contributed by atoms with van der Waals surface area (Å²) in [5, 5.41) is 9.37. The van der Waals surface area contributed by atoms with E-state index >= 15 is 0 Å². The average molecular weight is 235 g/mol. The summed E-state index contributed by atoms with van der Waals surface area (Å²) in [6.07, 6.45) is 3.86. The second-order valence-electron chi connectivity index (χ2n) is 4.43. The second kappa shape index (κ2) is 5.92. The fourth-order valence-corrected chi connectivity index (χ4v) is 2.33. The number of aliphatic hydroxyl groups is 1. The minimum atomic E-state index is 0.0387. The quantitative estimate of drug-likeness (QED) is 0.870. The highest BCUT2D eigenvalue weighted by Gasteiger charge is 2.12. The van der Waals surface area contributed by atoms with Crippen molar-refractivity contribution in [3.05, 3.63) is 23.8 Å². The summed E-state index contributed by atoms with van der Waals surface area (Å²) < 4.78 is 5.49. The molecule has 0 spiro atoms. The van der Waals surface area contributed by atoms with Gasteiger partial charge in [-0.2, -0.15) is 0 Å². The predicted octanol–water partition coefficient (Wildman–Crippen LogP) is 2.57. The summed E-state index contributed by atoms with van der Waals surface area (Å²) in [4.78, 5) is 2.39. The van der Waals surface area contributed by atoms with Crippen molar-refractivity contribution in [1.29, 1.82) is 0 Å². The third kappa shape index (κ3) is 2.91. The molecule has 17 heavy (non-hydrogen) atoms. The number of aliphatic hydroxyl groups excluding tert-OH is 1. The molecule has 3 heteroatoms. The Balaban J connectivity index is 2.17. The molecule has 1 aliphatic heterocycles. The first-order valence-electron chi connectivity index (χ1n) is 6.46. The van der Waals surface area contributed by atoms with Crippen LogP contribution in [0.1, 0.15) is 31.7 Å². The van der Waals surface area contributed by atoms with E-state index in [1.807, 2.05) is 13.0 Å². The summed E-state index contributed by atoms with van der Waals surface area (Å²) in [6, 6.07) is 6.12. The van der Waals surface area contributed by atoms with Crippen LogP contribution in [0.3, 0.4) is 0 Å². The van der Waals surface area contributed by atoms with Crippen molar-refractivity contribution in [3.63, 3.8) is 0 Å². The topological polar surface area (TPSA) is 32.7 Å². The van der Waals surface area contributed by atoms with Gasteiger partial charge in [0.1, 0.15) is 5.75 Å². The number of rotatable bonds is 4. The molecule has 1 fully saturated rings. The first-order chi connectivity index (χ1) is 8.35. The van der Waals surface area contributed by atoms with Gasteiger partial charge in [0.05, 0.1) is 13.2 Å². The van der Waals surface area contributed by atoms with E-state index in [-0.39, 0.29) is 6.61 Å². The predicted molar refractivity (Wildman–Crippen MR) is 69.6 cm³/mol. The smallest absolute Gasteiger partial charge is 0.124 e. The van der Waals surface area contributed by atoms with Gasteiger partial charge in [-0.15, -0.1) is 0 Å². The van der Waals surface area contributed by atoms with Gasteiger partial charge in [-0.05, 0) is 44.4 Å². The zero-order valence-electron chi connectivity index (χ0n) is 10.5. The van der Waals surface area contributed by atoms with Crippen molar-refractivity contribution < 1.29 is 9.84 Å². The van der Waals surface area contributed by atoms with Crippen LogP contribution in [0.15, 0.2) is 18.2 Å². The van der Waals surface area contributed by atoms with E-state index in [0.717, 1.165) is 24.4 Å². The van der Waals surface area contributed by atoms with Crippen LogP contribution in [0.4, 0.5) is 5.69 Å². The maximum atomic E-state index is 9.37. The number of piperidine rings is 1. The van der Waals surface area contributed by atoms with Gasteiger partial charge < -0.3 is 14.7 Å². The van der Waals surface area contributed by atoms with E-state index in [2.05, 4.69) is 17.0 Å². The number of hydrogen-bond acceptors (Lipinski definition) is 3. The minimum absolute atomic E-state index is 0.0387. The van der Waals surface area contributed by atoms with Crippen molar-refractivity contribution in [3.8, 4) is 5.75 Å². The highest BCUT2D eigenvalue weighted by Crippen LogP contribution is 2.27. The van der Waals surface area contributed by atoms with E-state index in [0.29, 0.717) is 6.61 Å². The zero-order valence-corrected chi connectivity index (χ0v) is 10.5. The lowest BCUT2D eigenvalue weighted by Crippen LogP contribution is -2.29. The molecule has 1 N–H and O–H groups in total. The lowest BCUT2D eigenvalue weighted by atomic mass is 10.1. The number of benzene rings is 1. The van der Waals surface area contributed by atoms with Gasteiger partial charge in [0.2, 0.25) is 0 Å². The third-order valence-electron chi connectivity index (χ3n) is 3.24. The Morgan fingerprint density at radius 3 is 2.65 bits per heavy atom. The molecule has 2 rings (SSSR count). The standard InChI is InChI=1S/C14H21NO2/c1-2-17-14-7-6-13(10-12(14)11-16)15-8-4-3-5-9-15/h6-7,10,16H,2-5,8-9,11H2,1H3. The molecule has 1 aromatic rings. The van der Waals surface area contributed by atoms with Crippen LogP contribution >= 0.6 is 0 Å². The van der Waals surface area contributed by atoms with Gasteiger partial charge >= 0.3 is 0 Å². The summed E-state index contributed by atoms with van der Waals surface area (Å²) in [5.74, 6) is 0.802. The van der Waals surface area contributed by atoms with Crippen LogP contribution < -0.4 is 9.64 Å². The van der Waals surface area contributed by atoms with Crippen molar-refractivity contribution in [2.24, 2.45) is 0 Å². The van der Waals surface area contributed by atoms with Gasteiger partial charge in [0.25, 0.3) is 0 Å². The molecule has 0 saturated carbocycles. The molecular weight excluding hydrogens is 214 g/mol. The number of hydrogen-bond donors (Lipinski definition) is 1. The van der Waals surface area contributed by atoms with Crippen LogP contribution in [0.5, 0.6) is 5.75 Å². The number of nitrogens with zero attached hydrogens (tertiary/aromatic N) is 1. The molecule has 0 aliphatic carbocycles. The lowest BCUT2D eigenvalue weighted by Gasteiger charge is -2.29. The number of ether oxygens (including phenoxy) is 1. The van der Waals surface area contributed by atoms with Gasteiger partial charge in [-0.25, -0.2) is 0 Å². The first kappa shape index (κ1) is 12.2. The Morgan fingerprint density at radius 1 is 1.24 bits per heavy atom. The number of anilines is 1. The van der Waals surface area contributed by atoms with E-state index in [1.165, 1.54) is 24.9 Å². The van der Waals surface area contributed by atoms with Gasteiger partial charge in [-0.1, -0.05) is 0 Å². The normalized spacial score (nSPS) is 16.0. The van der Waals surface area contributed by atoms with Crippen molar-refractivity contribution in [2.45, 2.75) is 32.8 Å². The summed E-state index contributed by atoms with van der Waals surface area (Å²) in [7, 11) is 0. The molecule has 3 nitrogen and oxygen atoms in total.